The molecule has 1 amide bonds. The minimum absolute atomic E-state index is 0.0493. The zero-order chi connectivity index (χ0) is 15.6. The van der Waals surface area contributed by atoms with Crippen molar-refractivity contribution in [1.82, 2.24) is 5.32 Å². The molecule has 4 heteroatoms. The van der Waals surface area contributed by atoms with Crippen LogP contribution in [0.1, 0.15) is 12.0 Å². The zero-order valence-electron chi connectivity index (χ0n) is 13.0. The molecule has 0 radical (unpaired) electrons. The van der Waals surface area contributed by atoms with Crippen LogP contribution in [0.25, 0.3) is 10.8 Å². The molecule has 2 aromatic rings. The Morgan fingerprint density at radius 3 is 2.73 bits per heavy atom. The van der Waals surface area contributed by atoms with Crippen molar-refractivity contribution in [2.45, 2.75) is 12.8 Å². The number of fused-ring (bicyclic) bond motifs is 1. The number of hydrogen-bond acceptors (Lipinski definition) is 3. The summed E-state index contributed by atoms with van der Waals surface area (Å²) in [5, 5.41) is 5.24. The third kappa shape index (κ3) is 5.13. The van der Waals surface area contributed by atoms with Gasteiger partial charge >= 0.3 is 0 Å². The first-order valence-electron chi connectivity index (χ1n) is 7.61. The molecule has 1 N–H and O–H groups in total. The number of methoxy groups -OCH3 is 1. The number of carbonyl (C=O) groups is 1. The van der Waals surface area contributed by atoms with Gasteiger partial charge in [0.15, 0.2) is 0 Å². The normalized spacial score (nSPS) is 10.8. The first kappa shape index (κ1) is 16.5. The van der Waals surface area contributed by atoms with E-state index in [1.165, 1.54) is 5.39 Å². The van der Waals surface area contributed by atoms with Crippen LogP contribution in [0.4, 0.5) is 0 Å². The van der Waals surface area contributed by atoms with Crippen molar-refractivity contribution in [3.63, 3.8) is 0 Å². The Bertz CT molecular complexity index is 592. The molecule has 4 nitrogen and oxygen atoms in total. The number of nitrogens with one attached hydrogen (secondary N) is 1. The Balaban J connectivity index is 1.75. The van der Waals surface area contributed by atoms with Crippen LogP contribution in [0.3, 0.4) is 0 Å². The molecule has 0 aliphatic heterocycles. The zero-order valence-corrected chi connectivity index (χ0v) is 13.0. The summed E-state index contributed by atoms with van der Waals surface area (Å²) < 4.78 is 10.2. The summed E-state index contributed by atoms with van der Waals surface area (Å²) in [6, 6.07) is 14.2. The molecule has 0 saturated carbocycles. The number of amides is 1. The summed E-state index contributed by atoms with van der Waals surface area (Å²) in [6.45, 7) is 2.47. The third-order valence-electron chi connectivity index (χ3n) is 3.45. The molecule has 0 atom stereocenters. The second kappa shape index (κ2) is 9.18. The molecule has 0 bridgehead atoms. The fourth-order valence-electron chi connectivity index (χ4n) is 2.33. The number of carbonyl (C=O) groups excluding carboxylic acids is 1. The maximum Gasteiger partial charge on any atom is 0.224 e. The van der Waals surface area contributed by atoms with Crippen molar-refractivity contribution >= 4 is 16.7 Å². The second-order valence-corrected chi connectivity index (χ2v) is 5.12. The summed E-state index contributed by atoms with van der Waals surface area (Å²) >= 11 is 0. The highest BCUT2D eigenvalue weighted by Gasteiger charge is 2.06. The van der Waals surface area contributed by atoms with Crippen LogP contribution in [0.15, 0.2) is 42.5 Å². The molecule has 0 spiro atoms. The summed E-state index contributed by atoms with van der Waals surface area (Å²) in [5.41, 5.74) is 1.06. The lowest BCUT2D eigenvalue weighted by Gasteiger charge is -2.08. The highest BCUT2D eigenvalue weighted by Crippen LogP contribution is 2.18. The predicted molar refractivity (Wildman–Crippen MR) is 88.0 cm³/mol. The SMILES string of the molecule is COCCOCCCNC(=O)Cc1cccc2ccccc12. The Kier molecular flexibility index (Phi) is 6.87. The Morgan fingerprint density at radius 1 is 1.05 bits per heavy atom. The quantitative estimate of drug-likeness (QED) is 0.724. The standard InChI is InChI=1S/C18H23NO3/c1-21-12-13-22-11-5-10-19-18(20)14-16-8-4-7-15-6-2-3-9-17(15)16/h2-4,6-9H,5,10-14H2,1H3,(H,19,20). The Labute approximate surface area is 131 Å². The highest BCUT2D eigenvalue weighted by atomic mass is 16.5. The van der Waals surface area contributed by atoms with Crippen LogP contribution in [-0.2, 0) is 20.7 Å². The topological polar surface area (TPSA) is 47.6 Å². The third-order valence-corrected chi connectivity index (χ3v) is 3.45. The van der Waals surface area contributed by atoms with Crippen LogP contribution in [0.2, 0.25) is 0 Å². The van der Waals surface area contributed by atoms with Gasteiger partial charge in [-0.3, -0.25) is 4.79 Å². The summed E-state index contributed by atoms with van der Waals surface area (Å²) in [4.78, 5) is 12.0. The van der Waals surface area contributed by atoms with Crippen molar-refractivity contribution in [2.24, 2.45) is 0 Å². The van der Waals surface area contributed by atoms with Gasteiger partial charge in [-0.25, -0.2) is 0 Å². The Morgan fingerprint density at radius 2 is 1.86 bits per heavy atom. The maximum atomic E-state index is 12.0. The van der Waals surface area contributed by atoms with E-state index in [0.717, 1.165) is 17.4 Å². The number of rotatable bonds is 9. The summed E-state index contributed by atoms with van der Waals surface area (Å²) in [7, 11) is 1.65. The van der Waals surface area contributed by atoms with Crippen molar-refractivity contribution in [3.05, 3.63) is 48.0 Å². The van der Waals surface area contributed by atoms with E-state index in [-0.39, 0.29) is 5.91 Å². The molecule has 118 valence electrons. The molecule has 0 aliphatic carbocycles. The number of benzene rings is 2. The van der Waals surface area contributed by atoms with Gasteiger partial charge in [-0.05, 0) is 22.8 Å². The predicted octanol–water partition coefficient (Wildman–Crippen LogP) is 2.55. The lowest BCUT2D eigenvalue weighted by molar-refractivity contribution is -0.120. The molecule has 0 heterocycles. The van der Waals surface area contributed by atoms with Gasteiger partial charge in [-0.1, -0.05) is 42.5 Å². The highest BCUT2D eigenvalue weighted by molar-refractivity contribution is 5.90. The molecular formula is C18H23NO3. The second-order valence-electron chi connectivity index (χ2n) is 5.12. The van der Waals surface area contributed by atoms with Crippen molar-refractivity contribution in [1.29, 1.82) is 0 Å². The van der Waals surface area contributed by atoms with Gasteiger partial charge in [0.05, 0.1) is 19.6 Å². The van der Waals surface area contributed by atoms with E-state index in [4.69, 9.17) is 9.47 Å². The van der Waals surface area contributed by atoms with Crippen molar-refractivity contribution in [2.75, 3.05) is 33.5 Å². The van der Waals surface area contributed by atoms with Crippen LogP contribution in [0.5, 0.6) is 0 Å². The molecule has 0 fully saturated rings. The maximum absolute atomic E-state index is 12.0. The molecule has 2 rings (SSSR count). The van der Waals surface area contributed by atoms with E-state index in [0.29, 0.717) is 32.8 Å². The first-order chi connectivity index (χ1) is 10.8. The van der Waals surface area contributed by atoms with E-state index >= 15 is 0 Å². The van der Waals surface area contributed by atoms with Crippen molar-refractivity contribution in [3.8, 4) is 0 Å². The number of hydrogen-bond donors (Lipinski definition) is 1. The van der Waals surface area contributed by atoms with Crippen molar-refractivity contribution < 1.29 is 14.3 Å². The summed E-state index contributed by atoms with van der Waals surface area (Å²) in [6.07, 6.45) is 1.22. The molecule has 22 heavy (non-hydrogen) atoms. The van der Waals surface area contributed by atoms with Crippen LogP contribution >= 0.6 is 0 Å². The minimum atomic E-state index is 0.0493. The average Bonchev–Trinajstić information content (AvgIpc) is 2.54. The van der Waals surface area contributed by atoms with E-state index in [2.05, 4.69) is 23.5 Å². The van der Waals surface area contributed by atoms with Gasteiger partial charge < -0.3 is 14.8 Å². The van der Waals surface area contributed by atoms with E-state index < -0.39 is 0 Å². The lowest BCUT2D eigenvalue weighted by Crippen LogP contribution is -2.27. The lowest BCUT2D eigenvalue weighted by atomic mass is 10.0. The molecule has 0 unspecified atom stereocenters. The van der Waals surface area contributed by atoms with Gasteiger partial charge in [0, 0.05) is 20.3 Å². The average molecular weight is 301 g/mol. The molecule has 0 aromatic heterocycles. The van der Waals surface area contributed by atoms with Crippen LogP contribution < -0.4 is 5.32 Å². The van der Waals surface area contributed by atoms with E-state index in [1.54, 1.807) is 7.11 Å². The minimum Gasteiger partial charge on any atom is -0.382 e. The molecule has 0 saturated heterocycles. The van der Waals surface area contributed by atoms with Gasteiger partial charge in [0.2, 0.25) is 5.91 Å². The van der Waals surface area contributed by atoms with Crippen LogP contribution in [0, 0.1) is 0 Å². The van der Waals surface area contributed by atoms with Gasteiger partial charge in [-0.15, -0.1) is 0 Å². The van der Waals surface area contributed by atoms with E-state index in [1.807, 2.05) is 24.3 Å². The van der Waals surface area contributed by atoms with Crippen LogP contribution in [-0.4, -0.2) is 39.4 Å². The summed E-state index contributed by atoms with van der Waals surface area (Å²) in [5.74, 6) is 0.0493. The van der Waals surface area contributed by atoms with Gasteiger partial charge in [0.25, 0.3) is 0 Å². The monoisotopic (exact) mass is 301 g/mol. The fraction of sp³-hybridized carbons (Fsp3) is 0.389. The molecular weight excluding hydrogens is 278 g/mol. The van der Waals surface area contributed by atoms with E-state index in [9.17, 15) is 4.79 Å². The first-order valence-corrected chi connectivity index (χ1v) is 7.61. The smallest absolute Gasteiger partial charge is 0.224 e. The molecule has 0 aliphatic rings. The fourth-order valence-corrected chi connectivity index (χ4v) is 2.33. The van der Waals surface area contributed by atoms with Gasteiger partial charge in [-0.2, -0.15) is 0 Å². The largest absolute Gasteiger partial charge is 0.382 e. The Hall–Kier alpha value is -1.91. The molecule has 2 aromatic carbocycles. The number of ether oxygens (including phenoxy) is 2. The van der Waals surface area contributed by atoms with Gasteiger partial charge in [0.1, 0.15) is 0 Å².